The third-order valence-electron chi connectivity index (χ3n) is 6.50. The summed E-state index contributed by atoms with van der Waals surface area (Å²) in [6.07, 6.45) is 4.60. The average molecular weight is 418 g/mol. The van der Waals surface area contributed by atoms with Crippen molar-refractivity contribution in [2.24, 2.45) is 5.92 Å². The molecule has 0 amide bonds. The first kappa shape index (κ1) is 19.4. The topological polar surface area (TPSA) is 27.7 Å². The first-order valence-corrected chi connectivity index (χ1v) is 15.0. The molecule has 0 N–H and O–H groups in total. The van der Waals surface area contributed by atoms with E-state index in [2.05, 4.69) is 35.2 Å². The lowest BCUT2D eigenvalue weighted by Gasteiger charge is -2.38. The number of hydrogen-bond donors (Lipinski definition) is 0. The van der Waals surface area contributed by atoms with E-state index in [1.807, 2.05) is 22.8 Å². The minimum absolute atomic E-state index is 0.000904. The van der Waals surface area contributed by atoms with Crippen molar-refractivity contribution in [1.82, 2.24) is 0 Å². The lowest BCUT2D eigenvalue weighted by atomic mass is 9.79. The van der Waals surface area contributed by atoms with Crippen molar-refractivity contribution in [3.8, 4) is 0 Å². The van der Waals surface area contributed by atoms with Crippen LogP contribution in [0.2, 0.25) is 0 Å². The first-order valence-electron chi connectivity index (χ1n) is 9.33. The first-order chi connectivity index (χ1) is 11.7. The molecule has 0 spiro atoms. The highest BCUT2D eigenvalue weighted by Crippen LogP contribution is 2.85. The third-order valence-corrected chi connectivity index (χ3v) is 16.6. The number of fused-ring (bicyclic) bond motifs is 3. The maximum absolute atomic E-state index is 6.74. The standard InChI is InChI=1S/C17H28BO3PS3/c1-5-17-9-19-13(15(18)20-17)14(17)21-22(23)24-12-8-11(10(2)3)6-7-16(12,4)25-22/h11-15H,2,5-9,18H2,1,3-4H3/t11-,12+,13-,14+,15-,16+,17+,22-/m1/s1. The Balaban J connectivity index is 1.52. The fourth-order valence-corrected chi connectivity index (χ4v) is 18.7. The number of hydrogen-bond acceptors (Lipinski definition) is 6. The Kier molecular flexibility index (Phi) is 5.06. The molecule has 4 fully saturated rings. The predicted molar refractivity (Wildman–Crippen MR) is 115 cm³/mol. The van der Waals surface area contributed by atoms with E-state index < -0.39 is 4.67 Å². The summed E-state index contributed by atoms with van der Waals surface area (Å²) in [5, 5.41) is 0.578. The molecule has 0 aromatic rings. The van der Waals surface area contributed by atoms with Crippen LogP contribution in [0.5, 0.6) is 0 Å². The van der Waals surface area contributed by atoms with Gasteiger partial charge in [-0.1, -0.05) is 41.8 Å². The maximum atomic E-state index is 6.74. The van der Waals surface area contributed by atoms with Gasteiger partial charge in [-0.05, 0) is 57.3 Å². The van der Waals surface area contributed by atoms with E-state index >= 15 is 0 Å². The van der Waals surface area contributed by atoms with Crippen molar-refractivity contribution in [2.45, 2.75) is 80.3 Å². The summed E-state index contributed by atoms with van der Waals surface area (Å²) >= 11 is 10.1. The Morgan fingerprint density at radius 2 is 2.28 bits per heavy atom. The predicted octanol–water partition coefficient (Wildman–Crippen LogP) is 4.12. The molecule has 3 saturated heterocycles. The van der Waals surface area contributed by atoms with Crippen molar-refractivity contribution in [2.75, 3.05) is 6.61 Å². The highest BCUT2D eigenvalue weighted by molar-refractivity contribution is 9.01. The summed E-state index contributed by atoms with van der Waals surface area (Å²) in [6.45, 7) is 11.6. The fraction of sp³-hybridized carbons (Fsp3) is 0.882. The van der Waals surface area contributed by atoms with Crippen LogP contribution >= 0.6 is 27.4 Å². The smallest absolute Gasteiger partial charge is 0.175 e. The highest BCUT2D eigenvalue weighted by atomic mass is 33.2. The van der Waals surface area contributed by atoms with Crippen LogP contribution in [-0.2, 0) is 25.8 Å². The van der Waals surface area contributed by atoms with E-state index in [0.717, 1.165) is 6.42 Å². The van der Waals surface area contributed by atoms with Gasteiger partial charge in [-0.3, -0.25) is 0 Å². The molecular weight excluding hydrogens is 390 g/mol. The molecule has 25 heavy (non-hydrogen) atoms. The Bertz CT molecular complexity index is 634. The molecule has 0 unspecified atom stereocenters. The Morgan fingerprint density at radius 3 is 2.92 bits per heavy atom. The Labute approximate surface area is 165 Å². The molecule has 3 aliphatic heterocycles. The van der Waals surface area contributed by atoms with Gasteiger partial charge < -0.3 is 14.0 Å². The summed E-state index contributed by atoms with van der Waals surface area (Å²) in [7, 11) is 2.10. The van der Waals surface area contributed by atoms with Gasteiger partial charge in [-0.2, -0.15) is 0 Å². The molecule has 8 heteroatoms. The van der Waals surface area contributed by atoms with Crippen molar-refractivity contribution >= 4 is 47.1 Å². The van der Waals surface area contributed by atoms with E-state index in [-0.39, 0.29) is 28.6 Å². The summed E-state index contributed by atoms with van der Waals surface area (Å²) in [6, 6.07) is 0.101. The van der Waals surface area contributed by atoms with Gasteiger partial charge in [-0.25, -0.2) is 0 Å². The molecule has 3 heterocycles. The minimum Gasteiger partial charge on any atom is -0.373 e. The molecule has 0 aromatic carbocycles. The zero-order chi connectivity index (χ0) is 18.0. The molecule has 0 aromatic heterocycles. The van der Waals surface area contributed by atoms with Crippen LogP contribution in [0.25, 0.3) is 0 Å². The summed E-state index contributed by atoms with van der Waals surface area (Å²) in [5.74, 6) is 0.643. The van der Waals surface area contributed by atoms with Gasteiger partial charge in [0.2, 0.25) is 0 Å². The van der Waals surface area contributed by atoms with Gasteiger partial charge in [-0.15, -0.1) is 0 Å². The van der Waals surface area contributed by atoms with Crippen LogP contribution in [0.3, 0.4) is 0 Å². The normalized spacial score (nSPS) is 54.6. The van der Waals surface area contributed by atoms with Gasteiger partial charge in [0.1, 0.15) is 25.7 Å². The Morgan fingerprint density at radius 1 is 1.52 bits per heavy atom. The van der Waals surface area contributed by atoms with Crippen molar-refractivity contribution < 1.29 is 14.0 Å². The molecule has 2 bridgehead atoms. The van der Waals surface area contributed by atoms with Crippen LogP contribution in [0.1, 0.15) is 46.5 Å². The molecule has 0 radical (unpaired) electrons. The van der Waals surface area contributed by atoms with Crippen molar-refractivity contribution in [3.63, 3.8) is 0 Å². The van der Waals surface area contributed by atoms with Crippen LogP contribution in [-0.4, -0.2) is 48.3 Å². The molecule has 4 aliphatic rings. The monoisotopic (exact) mass is 418 g/mol. The van der Waals surface area contributed by atoms with E-state index in [9.17, 15) is 0 Å². The van der Waals surface area contributed by atoms with Gasteiger partial charge in [0.15, 0.2) is 4.67 Å². The molecule has 1 saturated carbocycles. The zero-order valence-electron chi connectivity index (χ0n) is 15.5. The van der Waals surface area contributed by atoms with Gasteiger partial charge in [0.25, 0.3) is 0 Å². The zero-order valence-corrected chi connectivity index (χ0v) is 18.9. The lowest BCUT2D eigenvalue weighted by Crippen LogP contribution is -2.40. The molecule has 1 aliphatic carbocycles. The number of ether oxygens (including phenoxy) is 2. The average Bonchev–Trinajstić information content (AvgIpc) is 3.10. The van der Waals surface area contributed by atoms with E-state index in [1.165, 1.54) is 24.8 Å². The molecule has 140 valence electrons. The SMILES string of the molecule is B[C@@H]1O[C@@]2(CC)CO[C@@H]1[C@@H]2O[P@@]1(=S)S[C@H]2C[C@H](C(=C)C)CC[C@]2(C)S1. The summed E-state index contributed by atoms with van der Waals surface area (Å²) in [5.41, 5.74) is 1.04. The van der Waals surface area contributed by atoms with Crippen LogP contribution in [0, 0.1) is 5.92 Å². The summed E-state index contributed by atoms with van der Waals surface area (Å²) in [4.78, 5) is 0. The number of rotatable bonds is 4. The van der Waals surface area contributed by atoms with E-state index in [0.29, 0.717) is 17.8 Å². The van der Waals surface area contributed by atoms with Gasteiger partial charge in [0.05, 0.1) is 12.6 Å². The fourth-order valence-electron chi connectivity index (χ4n) is 4.74. The third kappa shape index (κ3) is 3.14. The van der Waals surface area contributed by atoms with Crippen molar-refractivity contribution in [1.29, 1.82) is 0 Å². The lowest BCUT2D eigenvalue weighted by molar-refractivity contribution is -0.117. The van der Waals surface area contributed by atoms with Crippen molar-refractivity contribution in [3.05, 3.63) is 12.2 Å². The Hall–Kier alpha value is 1.03. The van der Waals surface area contributed by atoms with Gasteiger partial charge in [0, 0.05) is 10.00 Å². The van der Waals surface area contributed by atoms with Crippen LogP contribution in [0.15, 0.2) is 12.2 Å². The van der Waals surface area contributed by atoms with Crippen LogP contribution in [0.4, 0.5) is 0 Å². The van der Waals surface area contributed by atoms with Crippen LogP contribution < -0.4 is 0 Å². The second kappa shape index (κ2) is 6.54. The van der Waals surface area contributed by atoms with E-state index in [4.69, 9.17) is 25.8 Å². The molecule has 8 atom stereocenters. The highest BCUT2D eigenvalue weighted by Gasteiger charge is 2.62. The minimum atomic E-state index is -1.99. The second-order valence-corrected chi connectivity index (χ2v) is 19.2. The maximum Gasteiger partial charge on any atom is 0.175 e. The largest absolute Gasteiger partial charge is 0.373 e. The quantitative estimate of drug-likeness (QED) is 0.388. The second-order valence-electron chi connectivity index (χ2n) is 8.31. The molecular formula is C17H28BO3PS3. The molecule has 4 rings (SSSR count). The van der Waals surface area contributed by atoms with Gasteiger partial charge >= 0.3 is 0 Å². The number of allylic oxidation sites excluding steroid dienone is 1. The molecule has 3 nitrogen and oxygen atoms in total. The summed E-state index contributed by atoms with van der Waals surface area (Å²) < 4.78 is 17.3. The van der Waals surface area contributed by atoms with E-state index in [1.54, 1.807) is 0 Å².